The molecule has 118 valence electrons. The molecule has 8 nitrogen and oxygen atoms in total. The molecule has 1 aliphatic rings. The summed E-state index contributed by atoms with van der Waals surface area (Å²) < 4.78 is 32.0. The maximum atomic E-state index is 11.7. The van der Waals surface area contributed by atoms with Gasteiger partial charge in [0.1, 0.15) is 6.61 Å². The number of hydrogen-bond donors (Lipinski definition) is 0. The fourth-order valence-corrected chi connectivity index (χ4v) is 2.95. The van der Waals surface area contributed by atoms with E-state index < -0.39 is 10.0 Å². The van der Waals surface area contributed by atoms with Crippen molar-refractivity contribution in [2.45, 2.75) is 12.6 Å². The Morgan fingerprint density at radius 2 is 2.24 bits per heavy atom. The van der Waals surface area contributed by atoms with E-state index in [-0.39, 0.29) is 25.2 Å². The Bertz CT molecular complexity index is 611. The molecule has 21 heavy (non-hydrogen) atoms. The summed E-state index contributed by atoms with van der Waals surface area (Å²) in [6.07, 6.45) is 2.83. The average Bonchev–Trinajstić information content (AvgIpc) is 2.85. The first-order chi connectivity index (χ1) is 9.79. The van der Waals surface area contributed by atoms with Gasteiger partial charge in [-0.3, -0.25) is 9.48 Å². The Morgan fingerprint density at radius 1 is 1.52 bits per heavy atom. The molecule has 1 aliphatic heterocycles. The fourth-order valence-electron chi connectivity index (χ4n) is 2.14. The van der Waals surface area contributed by atoms with Gasteiger partial charge in [-0.05, 0) is 6.07 Å². The summed E-state index contributed by atoms with van der Waals surface area (Å²) in [5, 5.41) is 4.21. The number of likely N-dealkylation sites (N-methyl/N-ethyl adjacent to an activating group) is 1. The summed E-state index contributed by atoms with van der Waals surface area (Å²) >= 11 is 0. The molecule has 9 heteroatoms. The third kappa shape index (κ3) is 3.80. The van der Waals surface area contributed by atoms with E-state index >= 15 is 0 Å². The van der Waals surface area contributed by atoms with Crippen molar-refractivity contribution < 1.29 is 17.9 Å². The molecule has 0 saturated carbocycles. The van der Waals surface area contributed by atoms with Crippen molar-refractivity contribution in [3.05, 3.63) is 18.0 Å². The van der Waals surface area contributed by atoms with Gasteiger partial charge in [0.15, 0.2) is 0 Å². The van der Waals surface area contributed by atoms with Crippen LogP contribution in [0.3, 0.4) is 0 Å². The maximum absolute atomic E-state index is 11.7. The van der Waals surface area contributed by atoms with Gasteiger partial charge in [-0.15, -0.1) is 0 Å². The van der Waals surface area contributed by atoms with Crippen LogP contribution in [0.2, 0.25) is 0 Å². The minimum Gasteiger partial charge on any atom is -0.369 e. The number of ether oxygens (including phenoxy) is 1. The summed E-state index contributed by atoms with van der Waals surface area (Å²) in [5.41, 5.74) is 0.819. The van der Waals surface area contributed by atoms with Crippen LogP contribution in [-0.4, -0.2) is 73.4 Å². The summed E-state index contributed by atoms with van der Waals surface area (Å²) in [6.45, 7) is 0.814. The second-order valence-electron chi connectivity index (χ2n) is 5.28. The van der Waals surface area contributed by atoms with Crippen molar-refractivity contribution in [1.82, 2.24) is 19.0 Å². The second kappa shape index (κ2) is 6.12. The highest BCUT2D eigenvalue weighted by atomic mass is 32.2. The molecule has 0 N–H and O–H groups in total. The Morgan fingerprint density at radius 3 is 2.86 bits per heavy atom. The van der Waals surface area contributed by atoms with Crippen molar-refractivity contribution in [3.63, 3.8) is 0 Å². The standard InChI is InChI=1S/C12H20N4O4S/c1-14(2)12(17)9-20-8-11-7-15(21(3,18)19)6-10-4-5-13-16(10)11/h4-5,11H,6-9H2,1-3H3. The van der Waals surface area contributed by atoms with E-state index in [1.165, 1.54) is 15.5 Å². The molecule has 0 aliphatic carbocycles. The number of carbonyl (C=O) groups is 1. The monoisotopic (exact) mass is 316 g/mol. The van der Waals surface area contributed by atoms with Gasteiger partial charge in [-0.2, -0.15) is 9.40 Å². The molecule has 2 rings (SSSR count). The summed E-state index contributed by atoms with van der Waals surface area (Å²) in [5.74, 6) is -0.133. The lowest BCUT2D eigenvalue weighted by molar-refractivity contribution is -0.134. The van der Waals surface area contributed by atoms with Gasteiger partial charge in [-0.25, -0.2) is 8.42 Å². The molecule has 2 heterocycles. The molecule has 1 aromatic rings. The first-order valence-corrected chi connectivity index (χ1v) is 8.39. The molecule has 1 amide bonds. The van der Waals surface area contributed by atoms with Crippen molar-refractivity contribution in [2.24, 2.45) is 0 Å². The zero-order valence-electron chi connectivity index (χ0n) is 12.4. The number of fused-ring (bicyclic) bond motifs is 1. The third-order valence-electron chi connectivity index (χ3n) is 3.35. The maximum Gasteiger partial charge on any atom is 0.248 e. The van der Waals surface area contributed by atoms with Gasteiger partial charge in [-0.1, -0.05) is 0 Å². The molecule has 1 aromatic heterocycles. The van der Waals surface area contributed by atoms with Crippen molar-refractivity contribution in [2.75, 3.05) is 40.1 Å². The zero-order chi connectivity index (χ0) is 15.6. The molecule has 0 bridgehead atoms. The lowest BCUT2D eigenvalue weighted by Crippen LogP contribution is -2.42. The predicted octanol–water partition coefficient (Wildman–Crippen LogP) is -0.696. The zero-order valence-corrected chi connectivity index (χ0v) is 13.2. The van der Waals surface area contributed by atoms with Crippen LogP contribution >= 0.6 is 0 Å². The van der Waals surface area contributed by atoms with Crippen molar-refractivity contribution in [3.8, 4) is 0 Å². The Balaban J connectivity index is 2.03. The third-order valence-corrected chi connectivity index (χ3v) is 4.57. The SMILES string of the molecule is CN(C)C(=O)COCC1CN(S(C)(=O)=O)Cc2ccnn21. The highest BCUT2D eigenvalue weighted by Gasteiger charge is 2.30. The molecule has 0 spiro atoms. The number of aromatic nitrogens is 2. The van der Waals surface area contributed by atoms with Crippen LogP contribution < -0.4 is 0 Å². The van der Waals surface area contributed by atoms with Gasteiger partial charge in [0.2, 0.25) is 15.9 Å². The topological polar surface area (TPSA) is 84.7 Å². The van der Waals surface area contributed by atoms with Crippen LogP contribution in [0.25, 0.3) is 0 Å². The number of rotatable bonds is 5. The van der Waals surface area contributed by atoms with Gasteiger partial charge >= 0.3 is 0 Å². The minimum atomic E-state index is -3.27. The van der Waals surface area contributed by atoms with Gasteiger partial charge in [0.05, 0.1) is 31.1 Å². The highest BCUT2D eigenvalue weighted by Crippen LogP contribution is 2.22. The highest BCUT2D eigenvalue weighted by molar-refractivity contribution is 7.88. The van der Waals surface area contributed by atoms with Crippen LogP contribution in [0.1, 0.15) is 11.7 Å². The first-order valence-electron chi connectivity index (χ1n) is 6.54. The van der Waals surface area contributed by atoms with Crippen molar-refractivity contribution >= 4 is 15.9 Å². The predicted molar refractivity (Wildman–Crippen MR) is 76.0 cm³/mol. The quantitative estimate of drug-likeness (QED) is 0.717. The first kappa shape index (κ1) is 15.9. The van der Waals surface area contributed by atoms with Crippen LogP contribution in [-0.2, 0) is 26.1 Å². The molecule has 1 unspecified atom stereocenters. The van der Waals surface area contributed by atoms with Crippen LogP contribution in [0.4, 0.5) is 0 Å². The van der Waals surface area contributed by atoms with E-state index in [0.29, 0.717) is 13.1 Å². The van der Waals surface area contributed by atoms with E-state index in [4.69, 9.17) is 4.74 Å². The molecule has 0 fully saturated rings. The van der Waals surface area contributed by atoms with E-state index in [1.807, 2.05) is 0 Å². The van der Waals surface area contributed by atoms with Gasteiger partial charge in [0.25, 0.3) is 0 Å². The summed E-state index contributed by atoms with van der Waals surface area (Å²) in [6, 6.07) is 1.56. The lowest BCUT2D eigenvalue weighted by Gasteiger charge is -2.32. The number of amides is 1. The summed E-state index contributed by atoms with van der Waals surface area (Å²) in [4.78, 5) is 12.9. The Labute approximate surface area is 124 Å². The molecular formula is C12H20N4O4S. The van der Waals surface area contributed by atoms with Crippen molar-refractivity contribution in [1.29, 1.82) is 0 Å². The van der Waals surface area contributed by atoms with E-state index in [2.05, 4.69) is 5.10 Å². The number of sulfonamides is 1. The van der Waals surface area contributed by atoms with Crippen LogP contribution in [0.5, 0.6) is 0 Å². The number of hydrogen-bond acceptors (Lipinski definition) is 5. The molecular weight excluding hydrogens is 296 g/mol. The molecule has 0 aromatic carbocycles. The normalized spacial score (nSPS) is 19.3. The van der Waals surface area contributed by atoms with E-state index in [0.717, 1.165) is 5.69 Å². The molecule has 0 radical (unpaired) electrons. The van der Waals surface area contributed by atoms with E-state index in [1.54, 1.807) is 31.0 Å². The smallest absolute Gasteiger partial charge is 0.248 e. The van der Waals surface area contributed by atoms with E-state index in [9.17, 15) is 13.2 Å². The molecule has 1 atom stereocenters. The average molecular weight is 316 g/mol. The minimum absolute atomic E-state index is 0.0288. The second-order valence-corrected chi connectivity index (χ2v) is 7.26. The van der Waals surface area contributed by atoms with Crippen LogP contribution in [0.15, 0.2) is 12.3 Å². The van der Waals surface area contributed by atoms with Gasteiger partial charge < -0.3 is 9.64 Å². The number of carbonyl (C=O) groups excluding carboxylic acids is 1. The fraction of sp³-hybridized carbons (Fsp3) is 0.667. The Kier molecular flexibility index (Phi) is 4.64. The summed E-state index contributed by atoms with van der Waals surface area (Å²) in [7, 11) is 0.0394. The Hall–Kier alpha value is -1.45. The lowest BCUT2D eigenvalue weighted by atomic mass is 10.2. The number of nitrogens with zero attached hydrogens (tertiary/aromatic N) is 4. The van der Waals surface area contributed by atoms with Crippen LogP contribution in [0, 0.1) is 0 Å². The van der Waals surface area contributed by atoms with Gasteiger partial charge in [0, 0.05) is 26.8 Å². The molecule has 0 saturated heterocycles. The largest absolute Gasteiger partial charge is 0.369 e.